The molecule has 0 amide bonds. The third-order valence-electron chi connectivity index (χ3n) is 4.10. The fraction of sp³-hybridized carbons (Fsp3) is 0.625. The van der Waals surface area contributed by atoms with Crippen molar-refractivity contribution in [3.8, 4) is 0 Å². The quantitative estimate of drug-likeness (QED) is 0.241. The number of ketones is 2. The van der Waals surface area contributed by atoms with E-state index in [4.69, 9.17) is 14.6 Å². The molecule has 6 nitrogen and oxygen atoms in total. The number of nitrogens with one attached hydrogen (secondary N) is 1. The van der Waals surface area contributed by atoms with E-state index in [0.717, 1.165) is 0 Å². The lowest BCUT2D eigenvalue weighted by Crippen LogP contribution is -2.59. The summed E-state index contributed by atoms with van der Waals surface area (Å²) in [6, 6.07) is 0. The summed E-state index contributed by atoms with van der Waals surface area (Å²) in [5.74, 6) is -0.698. The second kappa shape index (κ2) is 9.24. The van der Waals surface area contributed by atoms with Gasteiger partial charge in [0.1, 0.15) is 5.04 Å². The van der Waals surface area contributed by atoms with Crippen LogP contribution < -0.4 is 11.1 Å². The van der Waals surface area contributed by atoms with Crippen LogP contribution in [0.4, 0.5) is 0 Å². The molecule has 0 saturated heterocycles. The monoisotopic (exact) mass is 342 g/mol. The van der Waals surface area contributed by atoms with E-state index in [9.17, 15) is 9.59 Å². The summed E-state index contributed by atoms with van der Waals surface area (Å²) < 4.78 is 11.2. The number of carbonyl (C=O) groups excluding carboxylic acids is 2. The van der Waals surface area contributed by atoms with Gasteiger partial charge in [0, 0.05) is 27.3 Å². The zero-order chi connectivity index (χ0) is 18.3. The van der Waals surface area contributed by atoms with Gasteiger partial charge >= 0.3 is 8.56 Å². The summed E-state index contributed by atoms with van der Waals surface area (Å²) in [5, 5.41) is 1.70. The zero-order valence-corrected chi connectivity index (χ0v) is 16.0. The van der Waals surface area contributed by atoms with Crippen molar-refractivity contribution >= 4 is 20.1 Å². The minimum Gasteiger partial charge on any atom is -0.397 e. The van der Waals surface area contributed by atoms with Crippen molar-refractivity contribution in [3.05, 3.63) is 24.3 Å². The first kappa shape index (κ1) is 21.9. The molecule has 0 aliphatic heterocycles. The topological polar surface area (TPSA) is 90.7 Å². The van der Waals surface area contributed by atoms with Crippen LogP contribution in [0.15, 0.2) is 24.3 Å². The Morgan fingerprint density at radius 3 is 1.83 bits per heavy atom. The highest BCUT2D eigenvalue weighted by Crippen LogP contribution is 2.47. The van der Waals surface area contributed by atoms with Crippen LogP contribution in [-0.2, 0) is 18.4 Å². The van der Waals surface area contributed by atoms with Crippen LogP contribution in [0.25, 0.3) is 0 Å². The standard InChI is InChI=1S/C16H30N2O4Si/c1-12(2)14(19)16(15(20)13(3)4,8-10-18-11-9-17)23(7,21-5)22-6/h18H,1,3,8-11,17H2,2,4-7H3. The van der Waals surface area contributed by atoms with E-state index in [0.29, 0.717) is 30.8 Å². The molecule has 132 valence electrons. The van der Waals surface area contributed by atoms with E-state index < -0.39 is 13.6 Å². The Hall–Kier alpha value is -1.12. The number of carbonyl (C=O) groups is 2. The number of nitrogens with two attached hydrogens (primary N) is 1. The normalized spacial score (nSPS) is 12.1. The molecule has 0 fully saturated rings. The molecule has 0 radical (unpaired) electrons. The van der Waals surface area contributed by atoms with Crippen LogP contribution in [0.2, 0.25) is 11.6 Å². The molecule has 0 spiro atoms. The lowest BCUT2D eigenvalue weighted by molar-refractivity contribution is -0.129. The second-order valence-corrected chi connectivity index (χ2v) is 9.33. The molecule has 0 unspecified atom stereocenters. The maximum absolute atomic E-state index is 13.0. The van der Waals surface area contributed by atoms with Gasteiger partial charge in [-0.1, -0.05) is 13.2 Å². The fourth-order valence-corrected chi connectivity index (χ4v) is 5.33. The lowest BCUT2D eigenvalue weighted by Gasteiger charge is -2.42. The van der Waals surface area contributed by atoms with Gasteiger partial charge in [0.2, 0.25) is 0 Å². The van der Waals surface area contributed by atoms with E-state index in [1.165, 1.54) is 14.2 Å². The molecule has 3 N–H and O–H groups in total. The molecule has 0 aliphatic rings. The Morgan fingerprint density at radius 2 is 1.52 bits per heavy atom. The third kappa shape index (κ3) is 4.45. The van der Waals surface area contributed by atoms with Crippen molar-refractivity contribution in [3.63, 3.8) is 0 Å². The third-order valence-corrected chi connectivity index (χ3v) is 7.92. The summed E-state index contributed by atoms with van der Waals surface area (Å²) in [4.78, 5) is 26.0. The number of Topliss-reactive ketones (excluding diaryl/α,β-unsaturated/α-hetero) is 2. The van der Waals surface area contributed by atoms with Gasteiger partial charge in [-0.25, -0.2) is 0 Å². The molecule has 0 saturated carbocycles. The minimum absolute atomic E-state index is 0.245. The predicted molar refractivity (Wildman–Crippen MR) is 94.5 cm³/mol. The van der Waals surface area contributed by atoms with Gasteiger partial charge in [0.15, 0.2) is 11.6 Å². The fourth-order valence-electron chi connectivity index (χ4n) is 2.63. The Labute approximate surface area is 140 Å². The Bertz CT molecular complexity index is 447. The highest BCUT2D eigenvalue weighted by Gasteiger charge is 2.62. The number of hydrogen-bond acceptors (Lipinski definition) is 6. The highest BCUT2D eigenvalue weighted by atomic mass is 28.4. The highest BCUT2D eigenvalue weighted by molar-refractivity contribution is 6.79. The molecular weight excluding hydrogens is 312 g/mol. The van der Waals surface area contributed by atoms with Crippen molar-refractivity contribution in [1.82, 2.24) is 5.32 Å². The van der Waals surface area contributed by atoms with Gasteiger partial charge < -0.3 is 19.9 Å². The maximum atomic E-state index is 13.0. The smallest absolute Gasteiger partial charge is 0.356 e. The first-order chi connectivity index (χ1) is 10.6. The Balaban J connectivity index is 6.12. The van der Waals surface area contributed by atoms with Gasteiger partial charge in [0.05, 0.1) is 0 Å². The summed E-state index contributed by atoms with van der Waals surface area (Å²) in [7, 11) is -0.246. The average molecular weight is 343 g/mol. The van der Waals surface area contributed by atoms with Crippen LogP contribution in [0, 0.1) is 0 Å². The number of rotatable bonds is 12. The van der Waals surface area contributed by atoms with Gasteiger partial charge in [-0.05, 0) is 44.5 Å². The van der Waals surface area contributed by atoms with Crippen LogP contribution >= 0.6 is 0 Å². The number of allylic oxidation sites excluding steroid dienone is 2. The Morgan fingerprint density at radius 1 is 1.09 bits per heavy atom. The van der Waals surface area contributed by atoms with Crippen molar-refractivity contribution in [2.24, 2.45) is 5.73 Å². The molecule has 0 aliphatic carbocycles. The van der Waals surface area contributed by atoms with Crippen LogP contribution in [-0.4, -0.2) is 54.0 Å². The minimum atomic E-state index is -3.18. The molecule has 23 heavy (non-hydrogen) atoms. The van der Waals surface area contributed by atoms with Crippen LogP contribution in [0.1, 0.15) is 20.3 Å². The van der Waals surface area contributed by atoms with E-state index in [1.54, 1.807) is 20.4 Å². The molecule has 0 atom stereocenters. The molecule has 0 heterocycles. The van der Waals surface area contributed by atoms with Gasteiger partial charge in [-0.3, -0.25) is 9.59 Å². The summed E-state index contributed by atoms with van der Waals surface area (Å²) in [6.45, 7) is 13.9. The van der Waals surface area contributed by atoms with E-state index >= 15 is 0 Å². The first-order valence-electron chi connectivity index (χ1n) is 7.56. The Kier molecular flexibility index (Phi) is 8.79. The van der Waals surface area contributed by atoms with Gasteiger partial charge in [0.25, 0.3) is 0 Å². The maximum Gasteiger partial charge on any atom is 0.356 e. The largest absolute Gasteiger partial charge is 0.397 e. The molecule has 0 aromatic rings. The average Bonchev–Trinajstić information content (AvgIpc) is 2.53. The van der Waals surface area contributed by atoms with Crippen LogP contribution in [0.5, 0.6) is 0 Å². The van der Waals surface area contributed by atoms with Gasteiger partial charge in [-0.15, -0.1) is 0 Å². The van der Waals surface area contributed by atoms with Gasteiger partial charge in [-0.2, -0.15) is 0 Å². The zero-order valence-electron chi connectivity index (χ0n) is 15.0. The lowest BCUT2D eigenvalue weighted by atomic mass is 9.87. The van der Waals surface area contributed by atoms with E-state index in [1.807, 2.05) is 0 Å². The first-order valence-corrected chi connectivity index (χ1v) is 9.88. The summed E-state index contributed by atoms with van der Waals surface area (Å²) >= 11 is 0. The molecule has 0 bridgehead atoms. The predicted octanol–water partition coefficient (Wildman–Crippen LogP) is 1.32. The van der Waals surface area contributed by atoms with Crippen molar-refractivity contribution in [2.45, 2.75) is 31.9 Å². The van der Waals surface area contributed by atoms with Crippen molar-refractivity contribution in [1.29, 1.82) is 0 Å². The van der Waals surface area contributed by atoms with E-state index in [2.05, 4.69) is 18.5 Å². The summed E-state index contributed by atoms with van der Waals surface area (Å²) in [6.07, 6.45) is 0.245. The second-order valence-electron chi connectivity index (χ2n) is 5.77. The molecule has 0 rings (SSSR count). The molecule has 0 aromatic carbocycles. The van der Waals surface area contributed by atoms with Crippen molar-refractivity contribution in [2.75, 3.05) is 33.9 Å². The van der Waals surface area contributed by atoms with Crippen molar-refractivity contribution < 1.29 is 18.4 Å². The van der Waals surface area contributed by atoms with E-state index in [-0.39, 0.29) is 18.0 Å². The SMILES string of the molecule is C=C(C)C(=O)C(CCNCCN)(C(=O)C(=C)C)[Si](C)(OC)OC. The summed E-state index contributed by atoms with van der Waals surface area (Å²) in [5.41, 5.74) is 6.06. The van der Waals surface area contributed by atoms with Crippen LogP contribution in [0.3, 0.4) is 0 Å². The molecule has 7 heteroatoms. The molecule has 0 aromatic heterocycles. The molecular formula is C16H30N2O4Si. The number of hydrogen-bond donors (Lipinski definition) is 2.